The molecule has 0 amide bonds. The monoisotopic (exact) mass is 307 g/mol. The average molecular weight is 308 g/mol. The van der Waals surface area contributed by atoms with Gasteiger partial charge in [-0.15, -0.1) is 0 Å². The minimum absolute atomic E-state index is 0.585. The third-order valence-electron chi connectivity index (χ3n) is 4.91. The van der Waals surface area contributed by atoms with Gasteiger partial charge in [0.1, 0.15) is 0 Å². The SMILES string of the molecule is CCCC1CCC(CN)C(Sc2nc(C)c(C)c(C)n2)C1. The van der Waals surface area contributed by atoms with Gasteiger partial charge in [0.15, 0.2) is 5.16 Å². The lowest BCUT2D eigenvalue weighted by Gasteiger charge is -2.34. The molecule has 1 heterocycles. The van der Waals surface area contributed by atoms with Gasteiger partial charge in [0.2, 0.25) is 0 Å². The Morgan fingerprint density at radius 3 is 2.38 bits per heavy atom. The average Bonchev–Trinajstić information content (AvgIpc) is 2.45. The van der Waals surface area contributed by atoms with E-state index in [1.807, 2.05) is 11.8 Å². The van der Waals surface area contributed by atoms with E-state index in [1.165, 1.54) is 37.7 Å². The van der Waals surface area contributed by atoms with Crippen molar-refractivity contribution in [2.45, 2.75) is 70.2 Å². The highest BCUT2D eigenvalue weighted by Crippen LogP contribution is 2.40. The van der Waals surface area contributed by atoms with Crippen LogP contribution in [0.15, 0.2) is 5.16 Å². The zero-order valence-corrected chi connectivity index (χ0v) is 14.7. The first-order valence-corrected chi connectivity index (χ1v) is 9.11. The molecular weight excluding hydrogens is 278 g/mol. The molecule has 0 radical (unpaired) electrons. The molecule has 1 aromatic rings. The fraction of sp³-hybridized carbons (Fsp3) is 0.765. The fourth-order valence-corrected chi connectivity index (χ4v) is 4.75. The van der Waals surface area contributed by atoms with Crippen molar-refractivity contribution in [2.24, 2.45) is 17.6 Å². The van der Waals surface area contributed by atoms with Gasteiger partial charge in [-0.25, -0.2) is 9.97 Å². The van der Waals surface area contributed by atoms with E-state index in [9.17, 15) is 0 Å². The minimum atomic E-state index is 0.585. The summed E-state index contributed by atoms with van der Waals surface area (Å²) in [6.45, 7) is 9.33. The van der Waals surface area contributed by atoms with Crippen LogP contribution in [0.25, 0.3) is 0 Å². The predicted octanol–water partition coefficient (Wildman–Crippen LogP) is 4.04. The summed E-state index contributed by atoms with van der Waals surface area (Å²) in [5.41, 5.74) is 9.42. The van der Waals surface area contributed by atoms with Crippen LogP contribution in [-0.2, 0) is 0 Å². The standard InChI is InChI=1S/C17H29N3S/c1-5-6-14-7-8-15(10-18)16(9-14)21-17-19-12(3)11(2)13(4)20-17/h14-16H,5-10,18H2,1-4H3. The van der Waals surface area contributed by atoms with Crippen LogP contribution in [0.2, 0.25) is 0 Å². The molecule has 0 bridgehead atoms. The molecule has 1 fully saturated rings. The second kappa shape index (κ2) is 7.59. The Bertz CT molecular complexity index is 452. The Morgan fingerprint density at radius 2 is 1.81 bits per heavy atom. The van der Waals surface area contributed by atoms with E-state index in [0.717, 1.165) is 29.0 Å². The summed E-state index contributed by atoms with van der Waals surface area (Å²) in [7, 11) is 0. The highest BCUT2D eigenvalue weighted by Gasteiger charge is 2.30. The van der Waals surface area contributed by atoms with Gasteiger partial charge in [0, 0.05) is 16.6 Å². The predicted molar refractivity (Wildman–Crippen MR) is 90.7 cm³/mol. The topological polar surface area (TPSA) is 51.8 Å². The summed E-state index contributed by atoms with van der Waals surface area (Å²) >= 11 is 1.86. The first kappa shape index (κ1) is 16.8. The highest BCUT2D eigenvalue weighted by atomic mass is 32.2. The molecule has 0 aliphatic heterocycles. The van der Waals surface area contributed by atoms with E-state index < -0.39 is 0 Å². The summed E-state index contributed by atoms with van der Waals surface area (Å²) in [6, 6.07) is 0. The summed E-state index contributed by atoms with van der Waals surface area (Å²) in [5, 5.41) is 1.53. The number of nitrogens with two attached hydrogens (primary N) is 1. The normalized spacial score (nSPS) is 26.0. The molecule has 0 aromatic carbocycles. The number of rotatable bonds is 5. The molecule has 0 spiro atoms. The van der Waals surface area contributed by atoms with Crippen LogP contribution in [0.4, 0.5) is 0 Å². The van der Waals surface area contributed by atoms with Crippen LogP contribution >= 0.6 is 11.8 Å². The van der Waals surface area contributed by atoms with Gasteiger partial charge in [-0.1, -0.05) is 37.9 Å². The Labute approximate surface area is 133 Å². The number of hydrogen-bond acceptors (Lipinski definition) is 4. The molecule has 21 heavy (non-hydrogen) atoms. The van der Waals surface area contributed by atoms with Crippen LogP contribution in [0.1, 0.15) is 56.0 Å². The molecule has 2 N–H and O–H groups in total. The Kier molecular flexibility index (Phi) is 6.06. The van der Waals surface area contributed by atoms with Gasteiger partial charge in [0.05, 0.1) is 0 Å². The number of aryl methyl sites for hydroxylation is 2. The van der Waals surface area contributed by atoms with Gasteiger partial charge < -0.3 is 5.73 Å². The second-order valence-electron chi connectivity index (χ2n) is 6.42. The molecule has 1 aromatic heterocycles. The van der Waals surface area contributed by atoms with Crippen LogP contribution in [0, 0.1) is 32.6 Å². The van der Waals surface area contributed by atoms with E-state index in [1.54, 1.807) is 0 Å². The fourth-order valence-electron chi connectivity index (χ4n) is 3.29. The summed E-state index contributed by atoms with van der Waals surface area (Å²) in [6.07, 6.45) is 6.52. The molecule has 1 aliphatic carbocycles. The molecule has 1 aliphatic rings. The van der Waals surface area contributed by atoms with Crippen molar-refractivity contribution in [1.29, 1.82) is 0 Å². The third-order valence-corrected chi connectivity index (χ3v) is 6.18. The molecule has 2 rings (SSSR count). The van der Waals surface area contributed by atoms with Crippen LogP contribution in [-0.4, -0.2) is 21.8 Å². The van der Waals surface area contributed by atoms with Gasteiger partial charge in [0.25, 0.3) is 0 Å². The molecule has 1 saturated carbocycles. The summed E-state index contributed by atoms with van der Waals surface area (Å²) in [4.78, 5) is 9.36. The molecule has 4 heteroatoms. The Balaban J connectivity index is 2.11. The maximum absolute atomic E-state index is 6.00. The second-order valence-corrected chi connectivity index (χ2v) is 7.63. The number of thioether (sulfide) groups is 1. The largest absolute Gasteiger partial charge is 0.330 e. The van der Waals surface area contributed by atoms with E-state index in [0.29, 0.717) is 11.2 Å². The van der Waals surface area contributed by atoms with Gasteiger partial charge in [-0.2, -0.15) is 0 Å². The number of nitrogens with zero attached hydrogens (tertiary/aromatic N) is 2. The van der Waals surface area contributed by atoms with Crippen LogP contribution in [0.3, 0.4) is 0 Å². The first-order valence-electron chi connectivity index (χ1n) is 8.23. The highest BCUT2D eigenvalue weighted by molar-refractivity contribution is 7.99. The van der Waals surface area contributed by atoms with E-state index in [-0.39, 0.29) is 0 Å². The summed E-state index contributed by atoms with van der Waals surface area (Å²) < 4.78 is 0. The van der Waals surface area contributed by atoms with Crippen LogP contribution in [0.5, 0.6) is 0 Å². The van der Waals surface area contributed by atoms with Crippen molar-refractivity contribution in [3.8, 4) is 0 Å². The molecular formula is C17H29N3S. The molecule has 3 nitrogen and oxygen atoms in total. The number of aromatic nitrogens is 2. The third kappa shape index (κ3) is 4.19. The first-order chi connectivity index (χ1) is 10.0. The smallest absolute Gasteiger partial charge is 0.188 e. The van der Waals surface area contributed by atoms with Crippen molar-refractivity contribution in [3.63, 3.8) is 0 Å². The minimum Gasteiger partial charge on any atom is -0.330 e. The van der Waals surface area contributed by atoms with Crippen molar-refractivity contribution >= 4 is 11.8 Å². The lowest BCUT2D eigenvalue weighted by Crippen LogP contribution is -2.32. The van der Waals surface area contributed by atoms with Gasteiger partial charge >= 0.3 is 0 Å². The van der Waals surface area contributed by atoms with Crippen LogP contribution < -0.4 is 5.73 Å². The summed E-state index contributed by atoms with van der Waals surface area (Å²) in [5.74, 6) is 1.48. The van der Waals surface area contributed by atoms with Gasteiger partial charge in [-0.3, -0.25) is 0 Å². The Hall–Kier alpha value is -0.610. The Morgan fingerprint density at radius 1 is 1.14 bits per heavy atom. The van der Waals surface area contributed by atoms with Crippen molar-refractivity contribution in [3.05, 3.63) is 17.0 Å². The van der Waals surface area contributed by atoms with Gasteiger partial charge in [-0.05, 0) is 57.6 Å². The van der Waals surface area contributed by atoms with Crippen molar-refractivity contribution in [2.75, 3.05) is 6.54 Å². The van der Waals surface area contributed by atoms with Crippen molar-refractivity contribution in [1.82, 2.24) is 9.97 Å². The molecule has 3 atom stereocenters. The molecule has 0 saturated heterocycles. The van der Waals surface area contributed by atoms with E-state index in [4.69, 9.17) is 5.73 Å². The molecule has 3 unspecified atom stereocenters. The van der Waals surface area contributed by atoms with E-state index in [2.05, 4.69) is 37.7 Å². The molecule has 118 valence electrons. The van der Waals surface area contributed by atoms with Crippen molar-refractivity contribution < 1.29 is 0 Å². The quantitative estimate of drug-likeness (QED) is 0.834. The lowest BCUT2D eigenvalue weighted by molar-refractivity contribution is 0.275. The maximum Gasteiger partial charge on any atom is 0.188 e. The number of hydrogen-bond donors (Lipinski definition) is 1. The zero-order valence-electron chi connectivity index (χ0n) is 13.9. The van der Waals surface area contributed by atoms with E-state index >= 15 is 0 Å². The zero-order chi connectivity index (χ0) is 15.4. The lowest BCUT2D eigenvalue weighted by atomic mass is 9.80. The maximum atomic E-state index is 6.00.